The SMILES string of the molecule is CCCl.COc1cc(SC)nc(NC(=O)N=S(=O)=O)n1. The van der Waals surface area contributed by atoms with Crippen molar-refractivity contribution in [1.82, 2.24) is 9.97 Å². The number of carbonyl (C=O) groups excluding carboxylic acids is 1. The van der Waals surface area contributed by atoms with Gasteiger partial charge in [-0.25, -0.2) is 9.78 Å². The monoisotopic (exact) mass is 340 g/mol. The Hall–Kier alpha value is -1.39. The van der Waals surface area contributed by atoms with Crippen molar-refractivity contribution in [3.8, 4) is 5.88 Å². The molecule has 8 nitrogen and oxygen atoms in total. The van der Waals surface area contributed by atoms with Gasteiger partial charge in [-0.15, -0.1) is 23.4 Å². The van der Waals surface area contributed by atoms with Crippen LogP contribution in [0.25, 0.3) is 0 Å². The number of thioether (sulfide) groups is 1. The highest BCUT2D eigenvalue weighted by atomic mass is 35.5. The van der Waals surface area contributed by atoms with Gasteiger partial charge in [-0.2, -0.15) is 13.4 Å². The zero-order valence-corrected chi connectivity index (χ0v) is 13.3. The largest absolute Gasteiger partial charge is 0.481 e. The minimum atomic E-state index is -2.81. The highest BCUT2D eigenvalue weighted by Crippen LogP contribution is 2.19. The Morgan fingerprint density at radius 3 is 2.60 bits per heavy atom. The minimum absolute atomic E-state index is 0.0760. The molecule has 20 heavy (non-hydrogen) atoms. The second-order valence-electron chi connectivity index (χ2n) is 2.78. The third-order valence-corrected chi connectivity index (χ3v) is 2.42. The number of alkyl halides is 1. The van der Waals surface area contributed by atoms with Crippen LogP contribution in [0.4, 0.5) is 10.7 Å². The van der Waals surface area contributed by atoms with Crippen LogP contribution in [-0.2, 0) is 10.5 Å². The first-order valence-corrected chi connectivity index (χ1v) is 7.91. The van der Waals surface area contributed by atoms with Gasteiger partial charge in [-0.1, -0.05) is 11.3 Å². The molecule has 0 saturated heterocycles. The maximum absolute atomic E-state index is 11.0. The quantitative estimate of drug-likeness (QED) is 0.509. The maximum Gasteiger partial charge on any atom is 0.362 e. The lowest BCUT2D eigenvalue weighted by Gasteiger charge is -2.04. The van der Waals surface area contributed by atoms with Gasteiger partial charge < -0.3 is 4.74 Å². The number of anilines is 1. The van der Waals surface area contributed by atoms with Crippen LogP contribution in [0, 0.1) is 0 Å². The number of methoxy groups -OCH3 is 1. The summed E-state index contributed by atoms with van der Waals surface area (Å²) in [5.41, 5.74) is 0. The minimum Gasteiger partial charge on any atom is -0.481 e. The van der Waals surface area contributed by atoms with Crippen molar-refractivity contribution in [2.24, 2.45) is 4.36 Å². The smallest absolute Gasteiger partial charge is 0.362 e. The van der Waals surface area contributed by atoms with Gasteiger partial charge in [0.15, 0.2) is 0 Å². The first-order chi connectivity index (χ1) is 9.46. The summed E-state index contributed by atoms with van der Waals surface area (Å²) >= 11 is 6.32. The van der Waals surface area contributed by atoms with Crippen LogP contribution in [0.2, 0.25) is 0 Å². The molecule has 0 atom stereocenters. The Bertz CT molecular complexity index is 549. The van der Waals surface area contributed by atoms with E-state index in [2.05, 4.69) is 19.6 Å². The fraction of sp³-hybridized carbons (Fsp3) is 0.444. The lowest BCUT2D eigenvalue weighted by Crippen LogP contribution is -2.10. The molecule has 0 fully saturated rings. The highest BCUT2D eigenvalue weighted by molar-refractivity contribution is 7.98. The van der Waals surface area contributed by atoms with Crippen LogP contribution in [0.1, 0.15) is 6.92 Å². The molecule has 0 unspecified atom stereocenters. The van der Waals surface area contributed by atoms with Crippen molar-refractivity contribution in [1.29, 1.82) is 0 Å². The van der Waals surface area contributed by atoms with E-state index in [9.17, 15) is 13.2 Å². The molecule has 11 heteroatoms. The summed E-state index contributed by atoms with van der Waals surface area (Å²) in [6.07, 6.45) is 1.78. The van der Waals surface area contributed by atoms with Gasteiger partial charge in [-0.05, 0) is 6.26 Å². The molecule has 1 heterocycles. The number of hydrogen-bond acceptors (Lipinski definition) is 7. The van der Waals surface area contributed by atoms with Crippen molar-refractivity contribution in [2.75, 3.05) is 24.6 Å². The van der Waals surface area contributed by atoms with Gasteiger partial charge >= 0.3 is 16.5 Å². The Balaban J connectivity index is 0.00000110. The van der Waals surface area contributed by atoms with Gasteiger partial charge in [0, 0.05) is 11.9 Å². The number of amides is 2. The number of hydrogen-bond donors (Lipinski definition) is 1. The van der Waals surface area contributed by atoms with E-state index in [-0.39, 0.29) is 11.8 Å². The Morgan fingerprint density at radius 2 is 2.15 bits per heavy atom. The summed E-state index contributed by atoms with van der Waals surface area (Å²) in [5.74, 6) is 0.899. The van der Waals surface area contributed by atoms with Gasteiger partial charge in [0.25, 0.3) is 0 Å². The summed E-state index contributed by atoms with van der Waals surface area (Å²) in [6.45, 7) is 1.89. The number of urea groups is 1. The van der Waals surface area contributed by atoms with Crippen molar-refractivity contribution >= 4 is 45.8 Å². The number of aromatic nitrogens is 2. The molecule has 1 N–H and O–H groups in total. The van der Waals surface area contributed by atoms with E-state index in [1.165, 1.54) is 18.9 Å². The van der Waals surface area contributed by atoms with Crippen molar-refractivity contribution < 1.29 is 17.9 Å². The van der Waals surface area contributed by atoms with Crippen LogP contribution in [-0.4, -0.2) is 43.7 Å². The number of nitrogens with one attached hydrogen (secondary N) is 1. The fourth-order valence-corrected chi connectivity index (χ4v) is 1.43. The number of rotatable bonds is 3. The lowest BCUT2D eigenvalue weighted by atomic mass is 10.6. The molecule has 1 aromatic heterocycles. The molecule has 0 aliphatic rings. The van der Waals surface area contributed by atoms with E-state index in [0.29, 0.717) is 5.03 Å². The molecule has 112 valence electrons. The Labute approximate surface area is 127 Å². The van der Waals surface area contributed by atoms with Crippen molar-refractivity contribution in [2.45, 2.75) is 11.9 Å². The molecule has 0 radical (unpaired) electrons. The Kier molecular flexibility index (Phi) is 9.68. The summed E-state index contributed by atoms with van der Waals surface area (Å²) in [6, 6.07) is 0.502. The third-order valence-electron chi connectivity index (χ3n) is 1.47. The first kappa shape index (κ1) is 18.6. The third kappa shape index (κ3) is 7.92. The van der Waals surface area contributed by atoms with Gasteiger partial charge in [0.1, 0.15) is 5.03 Å². The van der Waals surface area contributed by atoms with E-state index < -0.39 is 16.5 Å². The van der Waals surface area contributed by atoms with E-state index in [0.717, 1.165) is 5.88 Å². The molecule has 0 aliphatic heterocycles. The summed E-state index contributed by atoms with van der Waals surface area (Å²) < 4.78 is 27.9. The molecule has 1 aromatic rings. The molecule has 0 bridgehead atoms. The van der Waals surface area contributed by atoms with Gasteiger partial charge in [-0.3, -0.25) is 5.32 Å². The summed E-state index contributed by atoms with van der Waals surface area (Å²) in [4.78, 5) is 18.8. The molecule has 0 saturated carbocycles. The number of carbonyl (C=O) groups is 1. The molecular formula is C9H13ClN4O4S2. The number of ether oxygens (including phenoxy) is 1. The summed E-state index contributed by atoms with van der Waals surface area (Å²) in [5, 5.41) is 2.67. The van der Waals surface area contributed by atoms with Crippen LogP contribution < -0.4 is 10.1 Å². The fourth-order valence-electron chi connectivity index (χ4n) is 0.855. The first-order valence-electron chi connectivity index (χ1n) is 5.11. The van der Waals surface area contributed by atoms with E-state index >= 15 is 0 Å². The molecule has 0 aromatic carbocycles. The van der Waals surface area contributed by atoms with Crippen molar-refractivity contribution in [3.05, 3.63) is 6.07 Å². The topological polar surface area (TPSA) is 111 Å². The van der Waals surface area contributed by atoms with Gasteiger partial charge in [0.05, 0.1) is 7.11 Å². The van der Waals surface area contributed by atoms with E-state index in [1.807, 2.05) is 6.92 Å². The number of halogens is 1. The maximum atomic E-state index is 11.0. The second kappa shape index (κ2) is 10.4. The molecule has 2 amide bonds. The van der Waals surface area contributed by atoms with E-state index in [1.54, 1.807) is 12.3 Å². The van der Waals surface area contributed by atoms with Crippen LogP contribution in [0.3, 0.4) is 0 Å². The normalized spacial score (nSPS) is 9.00. The lowest BCUT2D eigenvalue weighted by molar-refractivity contribution is 0.259. The summed E-state index contributed by atoms with van der Waals surface area (Å²) in [7, 11) is -1.40. The molecule has 0 spiro atoms. The van der Waals surface area contributed by atoms with Crippen LogP contribution in [0.15, 0.2) is 15.5 Å². The molecular weight excluding hydrogens is 328 g/mol. The average Bonchev–Trinajstić information content (AvgIpc) is 2.38. The number of nitrogens with zero attached hydrogens (tertiary/aromatic N) is 3. The van der Waals surface area contributed by atoms with E-state index in [4.69, 9.17) is 16.3 Å². The standard InChI is InChI=1S/C7H8N4O4S2.C2H5Cl/c1-15-4-3-5(16-2)9-6(8-4)10-7(12)11-17(13)14;1-2-3/h3H,1-2H3,(H,8,9,10,12);2H2,1H3. The zero-order valence-electron chi connectivity index (χ0n) is 11.0. The van der Waals surface area contributed by atoms with Crippen LogP contribution in [0.5, 0.6) is 5.88 Å². The van der Waals surface area contributed by atoms with Crippen LogP contribution >= 0.6 is 23.4 Å². The zero-order chi connectivity index (χ0) is 15.5. The average molecular weight is 341 g/mol. The second-order valence-corrected chi connectivity index (χ2v) is 4.76. The molecule has 1 rings (SSSR count). The van der Waals surface area contributed by atoms with Gasteiger partial charge in [0.2, 0.25) is 11.8 Å². The molecule has 0 aliphatic carbocycles. The predicted molar refractivity (Wildman–Crippen MR) is 77.1 cm³/mol. The highest BCUT2D eigenvalue weighted by Gasteiger charge is 2.07. The predicted octanol–water partition coefficient (Wildman–Crippen LogP) is 2.05. The Morgan fingerprint density at radius 1 is 1.55 bits per heavy atom. The van der Waals surface area contributed by atoms with Crippen molar-refractivity contribution in [3.63, 3.8) is 0 Å².